The van der Waals surface area contributed by atoms with Crippen LogP contribution in [0.25, 0.3) is 11.0 Å². The molecular formula is C14H19Cl2N3. The van der Waals surface area contributed by atoms with Crippen molar-refractivity contribution in [1.82, 2.24) is 14.5 Å². The second-order valence-corrected chi connectivity index (χ2v) is 6.06. The monoisotopic (exact) mass is 299 g/mol. The van der Waals surface area contributed by atoms with Gasteiger partial charge in [0.2, 0.25) is 0 Å². The molecule has 3 nitrogen and oxygen atoms in total. The molecule has 0 aliphatic rings. The molecule has 0 saturated heterocycles. The summed E-state index contributed by atoms with van der Waals surface area (Å²) < 4.78 is 2.18. The average molecular weight is 300 g/mol. The number of nitrogens with zero attached hydrogens (tertiary/aromatic N) is 3. The minimum Gasteiger partial charge on any atom is -0.327 e. The molecule has 0 N–H and O–H groups in total. The van der Waals surface area contributed by atoms with Gasteiger partial charge in [0.1, 0.15) is 11.3 Å². The first-order chi connectivity index (χ1) is 9.00. The van der Waals surface area contributed by atoms with Gasteiger partial charge < -0.3 is 9.47 Å². The van der Waals surface area contributed by atoms with E-state index in [0.717, 1.165) is 36.4 Å². The number of aryl methyl sites for hydroxylation is 1. The molecular weight excluding hydrogens is 281 g/mol. The van der Waals surface area contributed by atoms with Crippen LogP contribution in [0, 0.1) is 0 Å². The molecule has 2 rings (SSSR count). The summed E-state index contributed by atoms with van der Waals surface area (Å²) in [5, 5.41) is 0.560. The number of hydrogen-bond donors (Lipinski definition) is 0. The maximum atomic E-state index is 6.24. The fourth-order valence-corrected chi connectivity index (χ4v) is 2.59. The molecule has 0 saturated carbocycles. The van der Waals surface area contributed by atoms with Crippen molar-refractivity contribution in [1.29, 1.82) is 0 Å². The van der Waals surface area contributed by atoms with Crippen molar-refractivity contribution in [3.63, 3.8) is 0 Å². The number of imidazole rings is 1. The van der Waals surface area contributed by atoms with Crippen LogP contribution in [0.5, 0.6) is 0 Å². The first kappa shape index (κ1) is 14.6. The number of rotatable bonds is 5. The van der Waals surface area contributed by atoms with E-state index in [1.807, 2.05) is 25.1 Å². The third-order valence-corrected chi connectivity index (χ3v) is 3.60. The molecule has 19 heavy (non-hydrogen) atoms. The van der Waals surface area contributed by atoms with Crippen molar-refractivity contribution in [3.8, 4) is 0 Å². The fourth-order valence-electron chi connectivity index (χ4n) is 2.21. The predicted octanol–water partition coefficient (Wildman–Crippen LogP) is 3.94. The first-order valence-electron chi connectivity index (χ1n) is 6.44. The van der Waals surface area contributed by atoms with E-state index in [2.05, 4.69) is 28.5 Å². The molecule has 1 unspecified atom stereocenters. The number of aromatic nitrogens is 2. The van der Waals surface area contributed by atoms with E-state index < -0.39 is 0 Å². The van der Waals surface area contributed by atoms with E-state index in [-0.39, 0.29) is 5.38 Å². The summed E-state index contributed by atoms with van der Waals surface area (Å²) in [6.45, 7) is 3.89. The van der Waals surface area contributed by atoms with Gasteiger partial charge in [0.25, 0.3) is 0 Å². The van der Waals surface area contributed by atoms with Crippen LogP contribution in [0.1, 0.15) is 24.5 Å². The summed E-state index contributed by atoms with van der Waals surface area (Å²) >= 11 is 12.4. The lowest BCUT2D eigenvalue weighted by Gasteiger charge is -2.13. The van der Waals surface area contributed by atoms with Gasteiger partial charge in [-0.3, -0.25) is 0 Å². The Kier molecular flexibility index (Phi) is 4.71. The molecule has 0 amide bonds. The Morgan fingerprint density at radius 1 is 1.37 bits per heavy atom. The average Bonchev–Trinajstić information content (AvgIpc) is 2.70. The zero-order valence-corrected chi connectivity index (χ0v) is 13.0. The number of fused-ring (bicyclic) bond motifs is 1. The maximum absolute atomic E-state index is 6.24. The van der Waals surface area contributed by atoms with Crippen molar-refractivity contribution in [2.75, 3.05) is 20.6 Å². The molecule has 0 radical (unpaired) electrons. The number of halogens is 2. The number of alkyl halides is 1. The van der Waals surface area contributed by atoms with Gasteiger partial charge in [0.05, 0.1) is 15.9 Å². The summed E-state index contributed by atoms with van der Waals surface area (Å²) in [5.41, 5.74) is 1.91. The quantitative estimate of drug-likeness (QED) is 0.780. The molecule has 1 atom stereocenters. The minimum atomic E-state index is -0.122. The summed E-state index contributed by atoms with van der Waals surface area (Å²) in [6, 6.07) is 5.87. The van der Waals surface area contributed by atoms with Crippen LogP contribution in [0.2, 0.25) is 5.02 Å². The molecule has 1 aromatic carbocycles. The van der Waals surface area contributed by atoms with Gasteiger partial charge in [-0.2, -0.15) is 0 Å². The van der Waals surface area contributed by atoms with Gasteiger partial charge in [-0.15, -0.1) is 11.6 Å². The second kappa shape index (κ2) is 6.12. The number of hydrogen-bond acceptors (Lipinski definition) is 2. The normalized spacial score (nSPS) is 13.4. The molecule has 2 aromatic rings. The van der Waals surface area contributed by atoms with Crippen LogP contribution < -0.4 is 0 Å². The van der Waals surface area contributed by atoms with E-state index >= 15 is 0 Å². The summed E-state index contributed by atoms with van der Waals surface area (Å²) in [5.74, 6) is 0.892. The van der Waals surface area contributed by atoms with Crippen molar-refractivity contribution in [2.45, 2.75) is 25.3 Å². The largest absolute Gasteiger partial charge is 0.327 e. The van der Waals surface area contributed by atoms with Gasteiger partial charge in [0.15, 0.2) is 0 Å². The Balaban J connectivity index is 2.38. The smallest absolute Gasteiger partial charge is 0.127 e. The van der Waals surface area contributed by atoms with Crippen molar-refractivity contribution in [3.05, 3.63) is 29.0 Å². The van der Waals surface area contributed by atoms with Gasteiger partial charge in [-0.25, -0.2) is 4.98 Å². The molecule has 1 heterocycles. The SMILES string of the molecule is CC(Cl)c1nc2c(Cl)cccc2n1CCCN(C)C. The molecule has 0 spiro atoms. The molecule has 5 heteroatoms. The minimum absolute atomic E-state index is 0.122. The summed E-state index contributed by atoms with van der Waals surface area (Å²) in [4.78, 5) is 6.77. The maximum Gasteiger partial charge on any atom is 0.127 e. The van der Waals surface area contributed by atoms with E-state index in [4.69, 9.17) is 23.2 Å². The molecule has 104 valence electrons. The highest BCUT2D eigenvalue weighted by molar-refractivity contribution is 6.35. The topological polar surface area (TPSA) is 21.1 Å². The zero-order valence-electron chi connectivity index (χ0n) is 11.5. The lowest BCUT2D eigenvalue weighted by molar-refractivity contribution is 0.386. The Labute approximate surface area is 124 Å². The van der Waals surface area contributed by atoms with Gasteiger partial charge in [0, 0.05) is 6.54 Å². The van der Waals surface area contributed by atoms with Crippen LogP contribution in [-0.2, 0) is 6.54 Å². The Morgan fingerprint density at radius 2 is 2.11 bits per heavy atom. The van der Waals surface area contributed by atoms with Crippen molar-refractivity contribution >= 4 is 34.2 Å². The second-order valence-electron chi connectivity index (χ2n) is 5.00. The highest BCUT2D eigenvalue weighted by atomic mass is 35.5. The standard InChI is InChI=1S/C14H19Cl2N3/c1-10(15)14-17-13-11(16)6-4-7-12(13)19(14)9-5-8-18(2)3/h4,6-7,10H,5,8-9H2,1-3H3. The highest BCUT2D eigenvalue weighted by Gasteiger charge is 2.16. The lowest BCUT2D eigenvalue weighted by Crippen LogP contribution is -2.16. The predicted molar refractivity (Wildman–Crippen MR) is 82.2 cm³/mol. The highest BCUT2D eigenvalue weighted by Crippen LogP contribution is 2.28. The molecule has 0 bridgehead atoms. The van der Waals surface area contributed by atoms with Crippen molar-refractivity contribution < 1.29 is 0 Å². The van der Waals surface area contributed by atoms with Crippen LogP contribution >= 0.6 is 23.2 Å². The lowest BCUT2D eigenvalue weighted by atomic mass is 10.3. The van der Waals surface area contributed by atoms with Gasteiger partial charge in [-0.1, -0.05) is 17.7 Å². The Morgan fingerprint density at radius 3 is 2.74 bits per heavy atom. The molecule has 0 aliphatic heterocycles. The molecule has 1 aromatic heterocycles. The summed E-state index contributed by atoms with van der Waals surface area (Å²) in [6.07, 6.45) is 1.06. The number of benzene rings is 1. The van der Waals surface area contributed by atoms with Crippen LogP contribution in [0.3, 0.4) is 0 Å². The third-order valence-electron chi connectivity index (χ3n) is 3.10. The Hall–Kier alpha value is -0.770. The first-order valence-corrected chi connectivity index (χ1v) is 7.25. The van der Waals surface area contributed by atoms with Crippen LogP contribution in [0.4, 0.5) is 0 Å². The van der Waals surface area contributed by atoms with E-state index in [9.17, 15) is 0 Å². The molecule has 0 aliphatic carbocycles. The summed E-state index contributed by atoms with van der Waals surface area (Å²) in [7, 11) is 4.15. The van der Waals surface area contributed by atoms with Crippen LogP contribution in [0.15, 0.2) is 18.2 Å². The molecule has 0 fully saturated rings. The van der Waals surface area contributed by atoms with Gasteiger partial charge in [-0.05, 0) is 46.1 Å². The third kappa shape index (κ3) is 3.22. The van der Waals surface area contributed by atoms with E-state index in [1.54, 1.807) is 0 Å². The number of para-hydroxylation sites is 1. The van der Waals surface area contributed by atoms with Gasteiger partial charge >= 0.3 is 0 Å². The fraction of sp³-hybridized carbons (Fsp3) is 0.500. The van der Waals surface area contributed by atoms with Crippen LogP contribution in [-0.4, -0.2) is 35.1 Å². The van der Waals surface area contributed by atoms with E-state index in [1.165, 1.54) is 0 Å². The zero-order chi connectivity index (χ0) is 14.0. The van der Waals surface area contributed by atoms with Crippen molar-refractivity contribution in [2.24, 2.45) is 0 Å². The Bertz CT molecular complexity index is 561. The van der Waals surface area contributed by atoms with E-state index in [0.29, 0.717) is 5.02 Å².